The van der Waals surface area contributed by atoms with Crippen molar-refractivity contribution < 1.29 is 23.9 Å². The van der Waals surface area contributed by atoms with E-state index < -0.39 is 11.6 Å². The highest BCUT2D eigenvalue weighted by Crippen LogP contribution is 2.27. The van der Waals surface area contributed by atoms with Crippen molar-refractivity contribution in [3.63, 3.8) is 0 Å². The third-order valence-electron chi connectivity index (χ3n) is 4.39. The van der Waals surface area contributed by atoms with Crippen molar-refractivity contribution in [1.29, 1.82) is 0 Å². The van der Waals surface area contributed by atoms with Gasteiger partial charge in [0.05, 0.1) is 0 Å². The molecule has 1 aliphatic rings. The monoisotopic (exact) mass is 370 g/mol. The van der Waals surface area contributed by atoms with Gasteiger partial charge in [0.15, 0.2) is 18.2 Å². The Hall–Kier alpha value is -2.69. The van der Waals surface area contributed by atoms with Gasteiger partial charge in [0.1, 0.15) is 11.4 Å². The maximum absolute atomic E-state index is 12.5. The quantitative estimate of drug-likeness (QED) is 0.583. The van der Waals surface area contributed by atoms with Crippen LogP contribution in [0.5, 0.6) is 5.75 Å². The summed E-state index contributed by atoms with van der Waals surface area (Å²) in [4.78, 5) is 36.5. The molecule has 1 aromatic rings. The van der Waals surface area contributed by atoms with Gasteiger partial charge in [0.2, 0.25) is 0 Å². The summed E-state index contributed by atoms with van der Waals surface area (Å²) < 4.78 is 10.6. The molecule has 144 valence electrons. The van der Waals surface area contributed by atoms with Crippen molar-refractivity contribution in [3.05, 3.63) is 52.1 Å². The van der Waals surface area contributed by atoms with E-state index in [0.717, 1.165) is 5.56 Å². The summed E-state index contributed by atoms with van der Waals surface area (Å²) in [5, 5.41) is 0. The second-order valence-corrected chi connectivity index (χ2v) is 7.71. The summed E-state index contributed by atoms with van der Waals surface area (Å²) in [6.45, 7) is 10.3. The standard InChI is InChI=1S/C22H26O5/c1-13-14(2)21(25)18(15(3)20(13)24)11-16-7-9-17(10-8-16)26-12-19(23)27-22(4,5)6/h7-10H,11-12H2,1-6H3. The Kier molecular flexibility index (Phi) is 6.04. The van der Waals surface area contributed by atoms with Gasteiger partial charge in [-0.05, 0) is 59.2 Å². The molecule has 27 heavy (non-hydrogen) atoms. The minimum absolute atomic E-state index is 0.0700. The fourth-order valence-electron chi connectivity index (χ4n) is 2.79. The second kappa shape index (κ2) is 7.91. The molecule has 2 rings (SSSR count). The summed E-state index contributed by atoms with van der Waals surface area (Å²) >= 11 is 0. The minimum Gasteiger partial charge on any atom is -0.482 e. The van der Waals surface area contributed by atoms with Crippen molar-refractivity contribution in [3.8, 4) is 5.75 Å². The van der Waals surface area contributed by atoms with Crippen LogP contribution in [0.4, 0.5) is 0 Å². The lowest BCUT2D eigenvalue weighted by molar-refractivity contribution is -0.157. The van der Waals surface area contributed by atoms with E-state index in [9.17, 15) is 14.4 Å². The average molecular weight is 370 g/mol. The van der Waals surface area contributed by atoms with E-state index in [4.69, 9.17) is 9.47 Å². The SMILES string of the molecule is CC1=C(C)C(=O)C(Cc2ccc(OCC(=O)OC(C)(C)C)cc2)=C(C)C1=O. The number of esters is 1. The van der Waals surface area contributed by atoms with E-state index in [1.807, 2.05) is 12.1 Å². The number of carbonyl (C=O) groups is 3. The predicted molar refractivity (Wildman–Crippen MR) is 103 cm³/mol. The number of rotatable bonds is 5. The van der Waals surface area contributed by atoms with Gasteiger partial charge >= 0.3 is 5.97 Å². The number of ether oxygens (including phenoxy) is 2. The van der Waals surface area contributed by atoms with Gasteiger partial charge in [-0.3, -0.25) is 9.59 Å². The van der Waals surface area contributed by atoms with E-state index in [-0.39, 0.29) is 18.2 Å². The van der Waals surface area contributed by atoms with Crippen molar-refractivity contribution >= 4 is 17.5 Å². The summed E-state index contributed by atoms with van der Waals surface area (Å²) in [5.41, 5.74) is 2.41. The highest BCUT2D eigenvalue weighted by molar-refractivity contribution is 6.24. The van der Waals surface area contributed by atoms with Crippen molar-refractivity contribution in [2.75, 3.05) is 6.61 Å². The number of ketones is 2. The summed E-state index contributed by atoms with van der Waals surface area (Å²) in [5.74, 6) is -0.0427. The molecule has 5 nitrogen and oxygen atoms in total. The smallest absolute Gasteiger partial charge is 0.344 e. The van der Waals surface area contributed by atoms with Gasteiger partial charge in [0, 0.05) is 28.7 Å². The fraction of sp³-hybridized carbons (Fsp3) is 0.409. The molecular formula is C22H26O5. The highest BCUT2D eigenvalue weighted by Gasteiger charge is 2.27. The fourth-order valence-corrected chi connectivity index (χ4v) is 2.79. The summed E-state index contributed by atoms with van der Waals surface area (Å²) in [7, 11) is 0. The Morgan fingerprint density at radius 2 is 1.44 bits per heavy atom. The minimum atomic E-state index is -0.551. The van der Waals surface area contributed by atoms with Gasteiger partial charge in [0.25, 0.3) is 0 Å². The Labute approximate surface area is 160 Å². The molecule has 0 amide bonds. The summed E-state index contributed by atoms with van der Waals surface area (Å²) in [6, 6.07) is 7.11. The molecule has 0 heterocycles. The van der Waals surface area contributed by atoms with Crippen molar-refractivity contribution in [1.82, 2.24) is 0 Å². The molecule has 0 saturated heterocycles. The van der Waals surface area contributed by atoms with Gasteiger partial charge in [-0.15, -0.1) is 0 Å². The second-order valence-electron chi connectivity index (χ2n) is 7.71. The van der Waals surface area contributed by atoms with Gasteiger partial charge < -0.3 is 9.47 Å². The maximum atomic E-state index is 12.5. The van der Waals surface area contributed by atoms with Crippen molar-refractivity contribution in [2.45, 2.75) is 53.6 Å². The van der Waals surface area contributed by atoms with Crippen LogP contribution >= 0.6 is 0 Å². The zero-order valence-corrected chi connectivity index (χ0v) is 16.8. The molecule has 0 spiro atoms. The van der Waals surface area contributed by atoms with Crippen LogP contribution in [0.25, 0.3) is 0 Å². The Balaban J connectivity index is 2.03. The number of Topliss-reactive ketones (excluding diaryl/α,β-unsaturated/α-hetero) is 2. The molecule has 5 heteroatoms. The van der Waals surface area contributed by atoms with E-state index in [2.05, 4.69) is 0 Å². The van der Waals surface area contributed by atoms with Crippen LogP contribution in [0, 0.1) is 0 Å². The zero-order chi connectivity index (χ0) is 20.4. The van der Waals surface area contributed by atoms with E-state index in [1.165, 1.54) is 0 Å². The molecule has 0 aromatic heterocycles. The number of hydrogen-bond donors (Lipinski definition) is 0. The number of carbonyl (C=O) groups excluding carboxylic acids is 3. The van der Waals surface area contributed by atoms with Gasteiger partial charge in [-0.25, -0.2) is 4.79 Å². The molecular weight excluding hydrogens is 344 g/mol. The maximum Gasteiger partial charge on any atom is 0.344 e. The molecule has 0 radical (unpaired) electrons. The van der Waals surface area contributed by atoms with Crippen LogP contribution in [0.2, 0.25) is 0 Å². The molecule has 0 saturated carbocycles. The lowest BCUT2D eigenvalue weighted by atomic mass is 9.83. The van der Waals surface area contributed by atoms with Crippen LogP contribution in [0.15, 0.2) is 46.6 Å². The van der Waals surface area contributed by atoms with E-state index in [0.29, 0.717) is 34.5 Å². The van der Waals surface area contributed by atoms with Crippen molar-refractivity contribution in [2.24, 2.45) is 0 Å². The van der Waals surface area contributed by atoms with Crippen LogP contribution in [-0.2, 0) is 25.5 Å². The Bertz CT molecular complexity index is 832. The largest absolute Gasteiger partial charge is 0.482 e. The lowest BCUT2D eigenvalue weighted by Gasteiger charge is -2.19. The van der Waals surface area contributed by atoms with Gasteiger partial charge in [-0.1, -0.05) is 12.1 Å². The molecule has 0 bridgehead atoms. The average Bonchev–Trinajstić information content (AvgIpc) is 2.60. The molecule has 0 atom stereocenters. The molecule has 0 N–H and O–H groups in total. The third kappa shape index (κ3) is 5.16. The molecule has 0 fully saturated rings. The zero-order valence-electron chi connectivity index (χ0n) is 16.8. The number of benzene rings is 1. The van der Waals surface area contributed by atoms with Crippen LogP contribution in [0.1, 0.15) is 47.1 Å². The van der Waals surface area contributed by atoms with E-state index in [1.54, 1.807) is 53.7 Å². The third-order valence-corrected chi connectivity index (χ3v) is 4.39. The first-order valence-electron chi connectivity index (χ1n) is 8.90. The highest BCUT2D eigenvalue weighted by atomic mass is 16.6. The molecule has 1 aromatic carbocycles. The molecule has 0 aliphatic heterocycles. The first kappa shape index (κ1) is 20.6. The van der Waals surface area contributed by atoms with Gasteiger partial charge in [-0.2, -0.15) is 0 Å². The molecule has 1 aliphatic carbocycles. The van der Waals surface area contributed by atoms with E-state index >= 15 is 0 Å². The summed E-state index contributed by atoms with van der Waals surface area (Å²) in [6.07, 6.45) is 0.382. The lowest BCUT2D eigenvalue weighted by Crippen LogP contribution is -2.27. The first-order chi connectivity index (χ1) is 12.5. The first-order valence-corrected chi connectivity index (χ1v) is 8.90. The number of allylic oxidation sites excluding steroid dienone is 4. The predicted octanol–water partition coefficient (Wildman–Crippen LogP) is 3.75. The number of hydrogen-bond acceptors (Lipinski definition) is 5. The Morgan fingerprint density at radius 1 is 0.889 bits per heavy atom. The van der Waals surface area contributed by atoms with Crippen LogP contribution in [0.3, 0.4) is 0 Å². The van der Waals surface area contributed by atoms with Crippen LogP contribution in [-0.4, -0.2) is 29.7 Å². The Morgan fingerprint density at radius 3 is 2.00 bits per heavy atom. The molecule has 0 unspecified atom stereocenters. The van der Waals surface area contributed by atoms with Crippen LogP contribution < -0.4 is 4.74 Å². The topological polar surface area (TPSA) is 69.7 Å². The normalized spacial score (nSPS) is 15.3.